The number of hydrogen-bond acceptors (Lipinski definition) is 4. The van der Waals surface area contributed by atoms with Crippen molar-refractivity contribution in [2.45, 2.75) is 18.9 Å². The lowest BCUT2D eigenvalue weighted by Crippen LogP contribution is -2.50. The van der Waals surface area contributed by atoms with Gasteiger partial charge in [-0.3, -0.25) is 4.79 Å². The van der Waals surface area contributed by atoms with Gasteiger partial charge in [0.25, 0.3) is 5.56 Å². The van der Waals surface area contributed by atoms with Crippen molar-refractivity contribution in [2.24, 2.45) is 5.92 Å². The van der Waals surface area contributed by atoms with Gasteiger partial charge in [-0.1, -0.05) is 17.7 Å². The molecule has 0 aliphatic carbocycles. The normalized spacial score (nSPS) is 20.3. The van der Waals surface area contributed by atoms with E-state index < -0.39 is 5.97 Å². The van der Waals surface area contributed by atoms with Crippen LogP contribution in [0.3, 0.4) is 0 Å². The summed E-state index contributed by atoms with van der Waals surface area (Å²) >= 11 is 11.7. The smallest absolute Gasteiger partial charge is 0.339 e. The lowest BCUT2D eigenvalue weighted by molar-refractivity contribution is 0.0601. The highest BCUT2D eigenvalue weighted by atomic mass is 35.5. The molecule has 0 unspecified atom stereocenters. The molecule has 1 saturated heterocycles. The van der Waals surface area contributed by atoms with E-state index in [9.17, 15) is 9.59 Å². The Morgan fingerprint density at radius 2 is 2.07 bits per heavy atom. The molecule has 2 aromatic rings. The van der Waals surface area contributed by atoms with Gasteiger partial charge in [-0.05, 0) is 48.8 Å². The largest absolute Gasteiger partial charge is 0.465 e. The summed E-state index contributed by atoms with van der Waals surface area (Å²) in [5.74, 6) is 0.160. The molecule has 0 amide bonds. The molecule has 0 radical (unpaired) electrons. The second-order valence-corrected chi connectivity index (χ2v) is 8.01. The molecule has 3 heterocycles. The van der Waals surface area contributed by atoms with E-state index in [1.807, 2.05) is 16.7 Å². The van der Waals surface area contributed by atoms with E-state index in [0.29, 0.717) is 27.3 Å². The fourth-order valence-electron chi connectivity index (χ4n) is 4.13. The van der Waals surface area contributed by atoms with Gasteiger partial charge in [0.05, 0.1) is 17.7 Å². The lowest BCUT2D eigenvalue weighted by Gasteiger charge is -2.43. The molecule has 2 aliphatic rings. The molecule has 1 aromatic heterocycles. The number of likely N-dealkylation sites (tertiary alicyclic amines) is 1. The third-order valence-electron chi connectivity index (χ3n) is 5.39. The zero-order chi connectivity index (χ0) is 19.8. The van der Waals surface area contributed by atoms with Crippen LogP contribution in [0.1, 0.15) is 28.4 Å². The maximum atomic E-state index is 12.2. The zero-order valence-electron chi connectivity index (χ0n) is 15.4. The summed E-state index contributed by atoms with van der Waals surface area (Å²) in [4.78, 5) is 26.1. The van der Waals surface area contributed by atoms with Crippen LogP contribution in [-0.2, 0) is 11.3 Å². The first-order valence-corrected chi connectivity index (χ1v) is 9.88. The number of benzene rings is 1. The van der Waals surface area contributed by atoms with Gasteiger partial charge in [-0.15, -0.1) is 0 Å². The van der Waals surface area contributed by atoms with E-state index >= 15 is 0 Å². The van der Waals surface area contributed by atoms with Crippen molar-refractivity contribution < 1.29 is 9.53 Å². The second kappa shape index (κ2) is 7.56. The molecule has 1 aromatic carbocycles. The Hall–Kier alpha value is -2.38. The SMILES string of the molecule is COC(=O)c1cc(NC(=S)N2C[C@H]3C[C@@H](C2)c2cccc(=O)n2C3)ccc1Cl. The van der Waals surface area contributed by atoms with Crippen LogP contribution in [0, 0.1) is 5.92 Å². The summed E-state index contributed by atoms with van der Waals surface area (Å²) in [6.45, 7) is 2.27. The van der Waals surface area contributed by atoms with Gasteiger partial charge in [0.15, 0.2) is 5.11 Å². The number of carbonyl (C=O) groups is 1. The number of anilines is 1. The number of piperidine rings is 1. The Balaban J connectivity index is 1.51. The van der Waals surface area contributed by atoms with E-state index in [1.165, 1.54) is 7.11 Å². The number of esters is 1. The van der Waals surface area contributed by atoms with E-state index in [1.54, 1.807) is 24.3 Å². The summed E-state index contributed by atoms with van der Waals surface area (Å²) in [7, 11) is 1.32. The zero-order valence-corrected chi connectivity index (χ0v) is 16.9. The van der Waals surface area contributed by atoms with Gasteiger partial charge in [0, 0.05) is 43.0 Å². The van der Waals surface area contributed by atoms with Gasteiger partial charge in [-0.25, -0.2) is 4.79 Å². The van der Waals surface area contributed by atoms with Gasteiger partial charge >= 0.3 is 5.97 Å². The van der Waals surface area contributed by atoms with E-state index in [-0.39, 0.29) is 11.5 Å². The minimum atomic E-state index is -0.492. The minimum absolute atomic E-state index is 0.0675. The quantitative estimate of drug-likeness (QED) is 0.598. The summed E-state index contributed by atoms with van der Waals surface area (Å²) in [6, 6.07) is 10.5. The predicted octanol–water partition coefficient (Wildman–Crippen LogP) is 3.10. The van der Waals surface area contributed by atoms with Gasteiger partial charge < -0.3 is 19.5 Å². The Labute approximate surface area is 173 Å². The van der Waals surface area contributed by atoms with Crippen molar-refractivity contribution in [2.75, 3.05) is 25.5 Å². The molecule has 4 rings (SSSR count). The summed E-state index contributed by atoms with van der Waals surface area (Å²) in [5, 5.41) is 4.13. The summed E-state index contributed by atoms with van der Waals surface area (Å²) in [6.07, 6.45) is 1.07. The van der Waals surface area contributed by atoms with Crippen molar-refractivity contribution in [3.63, 3.8) is 0 Å². The predicted molar refractivity (Wildman–Crippen MR) is 112 cm³/mol. The van der Waals surface area contributed by atoms with Gasteiger partial charge in [0.2, 0.25) is 0 Å². The fraction of sp³-hybridized carbons (Fsp3) is 0.350. The highest BCUT2D eigenvalue weighted by Crippen LogP contribution is 2.35. The molecule has 8 heteroatoms. The number of fused-ring (bicyclic) bond motifs is 4. The minimum Gasteiger partial charge on any atom is -0.465 e. The molecule has 28 heavy (non-hydrogen) atoms. The molecule has 6 nitrogen and oxygen atoms in total. The molecule has 2 atom stereocenters. The fourth-order valence-corrected chi connectivity index (χ4v) is 4.60. The van der Waals surface area contributed by atoms with Gasteiger partial charge in [0.1, 0.15) is 0 Å². The number of pyridine rings is 1. The first-order valence-electron chi connectivity index (χ1n) is 9.10. The molecular formula is C20H20ClN3O3S. The average Bonchev–Trinajstić information content (AvgIpc) is 2.69. The molecule has 1 N–H and O–H groups in total. The van der Waals surface area contributed by atoms with Crippen LogP contribution in [0.15, 0.2) is 41.2 Å². The number of halogens is 1. The lowest BCUT2D eigenvalue weighted by atomic mass is 9.83. The number of thiocarbonyl (C=S) groups is 1. The number of methoxy groups -OCH3 is 1. The number of carbonyl (C=O) groups excluding carboxylic acids is 1. The monoisotopic (exact) mass is 417 g/mol. The van der Waals surface area contributed by atoms with Crippen molar-refractivity contribution >= 4 is 40.6 Å². The Kier molecular flexibility index (Phi) is 5.12. The summed E-state index contributed by atoms with van der Waals surface area (Å²) < 4.78 is 6.66. The standard InChI is InChI=1S/C20H20ClN3O3S/c1-27-19(26)15-8-14(5-6-16(15)21)22-20(28)23-9-12-7-13(11-23)17-3-2-4-18(25)24(17)10-12/h2-6,8,12-13H,7,9-11H2,1H3,(H,22,28)/t12-,13+/m1/s1. The van der Waals surface area contributed by atoms with Crippen LogP contribution < -0.4 is 10.9 Å². The highest BCUT2D eigenvalue weighted by Gasteiger charge is 2.35. The maximum absolute atomic E-state index is 12.2. The van der Waals surface area contributed by atoms with Crippen LogP contribution in [0.25, 0.3) is 0 Å². The molecule has 2 bridgehead atoms. The summed E-state index contributed by atoms with van der Waals surface area (Å²) in [5.41, 5.74) is 2.12. The number of aromatic nitrogens is 1. The van der Waals surface area contributed by atoms with Crippen molar-refractivity contribution in [1.29, 1.82) is 0 Å². The van der Waals surface area contributed by atoms with Crippen LogP contribution in [0.2, 0.25) is 5.02 Å². The molecule has 0 saturated carbocycles. The van der Waals surface area contributed by atoms with E-state index in [0.717, 1.165) is 31.7 Å². The third kappa shape index (κ3) is 3.52. The number of nitrogens with one attached hydrogen (secondary N) is 1. The van der Waals surface area contributed by atoms with E-state index in [2.05, 4.69) is 10.2 Å². The number of ether oxygens (including phenoxy) is 1. The number of hydrogen-bond donors (Lipinski definition) is 1. The number of nitrogens with zero attached hydrogens (tertiary/aromatic N) is 2. The Morgan fingerprint density at radius 1 is 1.25 bits per heavy atom. The Morgan fingerprint density at radius 3 is 2.86 bits per heavy atom. The van der Waals surface area contributed by atoms with Crippen LogP contribution in [0.5, 0.6) is 0 Å². The average molecular weight is 418 g/mol. The number of rotatable bonds is 2. The molecule has 146 valence electrons. The first kappa shape index (κ1) is 19.0. The molecule has 1 fully saturated rings. The topological polar surface area (TPSA) is 63.6 Å². The van der Waals surface area contributed by atoms with E-state index in [4.69, 9.17) is 28.6 Å². The molecule has 0 spiro atoms. The third-order valence-corrected chi connectivity index (χ3v) is 6.08. The van der Waals surface area contributed by atoms with Crippen LogP contribution >= 0.6 is 23.8 Å². The molecule has 2 aliphatic heterocycles. The van der Waals surface area contributed by atoms with Crippen LogP contribution in [0.4, 0.5) is 5.69 Å². The van der Waals surface area contributed by atoms with Crippen LogP contribution in [-0.4, -0.2) is 40.7 Å². The maximum Gasteiger partial charge on any atom is 0.339 e. The first-order chi connectivity index (χ1) is 13.5. The van der Waals surface area contributed by atoms with Crippen molar-refractivity contribution in [3.8, 4) is 0 Å². The van der Waals surface area contributed by atoms with Gasteiger partial charge in [-0.2, -0.15) is 0 Å². The molecular weight excluding hydrogens is 398 g/mol. The highest BCUT2D eigenvalue weighted by molar-refractivity contribution is 7.80. The Bertz CT molecular complexity index is 1010. The second-order valence-electron chi connectivity index (χ2n) is 7.22. The van der Waals surface area contributed by atoms with Crippen molar-refractivity contribution in [1.82, 2.24) is 9.47 Å². The van der Waals surface area contributed by atoms with Crippen molar-refractivity contribution in [3.05, 3.63) is 63.0 Å².